The molecule has 0 aliphatic rings. The van der Waals surface area contributed by atoms with Crippen molar-refractivity contribution in [2.24, 2.45) is 5.73 Å². The Kier molecular flexibility index (Phi) is 5.65. The lowest BCUT2D eigenvalue weighted by Gasteiger charge is -2.31. The summed E-state index contributed by atoms with van der Waals surface area (Å²) >= 11 is 11.8. The fraction of sp³-hybridized carbons (Fsp3) is 0.500. The molecule has 0 atom stereocenters. The average Bonchev–Trinajstić information content (AvgIpc) is 2.39. The topological polar surface area (TPSA) is 72.2 Å². The van der Waals surface area contributed by atoms with Gasteiger partial charge in [-0.3, -0.25) is 0 Å². The molecule has 19 heavy (non-hydrogen) atoms. The van der Waals surface area contributed by atoms with E-state index in [1.807, 2.05) is 13.8 Å². The molecule has 0 unspecified atom stereocenters. The Morgan fingerprint density at radius 2 is 1.84 bits per heavy atom. The van der Waals surface area contributed by atoms with E-state index in [0.717, 1.165) is 0 Å². The first-order valence-electron chi connectivity index (χ1n) is 6.00. The maximum Gasteiger partial charge on any atom is 0.242 e. The fourth-order valence-electron chi connectivity index (χ4n) is 1.76. The predicted octanol–water partition coefficient (Wildman–Crippen LogP) is 2.79. The number of hydrogen-bond donors (Lipinski definition) is 2. The van der Waals surface area contributed by atoms with Gasteiger partial charge in [0, 0.05) is 12.1 Å². The minimum absolute atomic E-state index is 0.0230. The van der Waals surface area contributed by atoms with E-state index in [2.05, 4.69) is 4.72 Å². The maximum absolute atomic E-state index is 12.4. The van der Waals surface area contributed by atoms with Crippen LogP contribution in [-0.4, -0.2) is 20.5 Å². The number of benzene rings is 1. The van der Waals surface area contributed by atoms with Crippen LogP contribution < -0.4 is 10.5 Å². The van der Waals surface area contributed by atoms with Gasteiger partial charge in [0.05, 0.1) is 10.0 Å². The van der Waals surface area contributed by atoms with Gasteiger partial charge in [0.1, 0.15) is 4.90 Å². The molecular formula is C12H18Cl2N2O2S. The second kappa shape index (κ2) is 6.41. The summed E-state index contributed by atoms with van der Waals surface area (Å²) in [5.41, 5.74) is 5.03. The molecule has 7 heteroatoms. The molecule has 0 fully saturated rings. The Labute approximate surface area is 124 Å². The van der Waals surface area contributed by atoms with Crippen molar-refractivity contribution in [1.29, 1.82) is 0 Å². The number of nitrogens with one attached hydrogen (secondary N) is 1. The van der Waals surface area contributed by atoms with E-state index in [4.69, 9.17) is 28.9 Å². The molecule has 1 aromatic rings. The van der Waals surface area contributed by atoms with Crippen molar-refractivity contribution in [1.82, 2.24) is 4.72 Å². The lowest BCUT2D eigenvalue weighted by molar-refractivity contribution is 0.363. The molecule has 0 aromatic heterocycles. The molecule has 0 spiro atoms. The molecule has 1 aromatic carbocycles. The highest BCUT2D eigenvalue weighted by atomic mass is 35.5. The molecule has 4 nitrogen and oxygen atoms in total. The van der Waals surface area contributed by atoms with Crippen molar-refractivity contribution in [2.45, 2.75) is 37.1 Å². The lowest BCUT2D eigenvalue weighted by Crippen LogP contribution is -2.52. The Balaban J connectivity index is 3.22. The van der Waals surface area contributed by atoms with Gasteiger partial charge in [-0.05, 0) is 25.0 Å². The van der Waals surface area contributed by atoms with Gasteiger partial charge in [-0.1, -0.05) is 43.1 Å². The van der Waals surface area contributed by atoms with Crippen LogP contribution >= 0.6 is 23.2 Å². The Morgan fingerprint density at radius 3 is 2.32 bits per heavy atom. The van der Waals surface area contributed by atoms with Gasteiger partial charge >= 0.3 is 0 Å². The van der Waals surface area contributed by atoms with E-state index >= 15 is 0 Å². The van der Waals surface area contributed by atoms with Crippen molar-refractivity contribution in [3.8, 4) is 0 Å². The number of halogens is 2. The van der Waals surface area contributed by atoms with E-state index in [9.17, 15) is 8.42 Å². The summed E-state index contributed by atoms with van der Waals surface area (Å²) in [6.07, 6.45) is 1.19. The first-order chi connectivity index (χ1) is 8.82. The molecule has 108 valence electrons. The van der Waals surface area contributed by atoms with Crippen LogP contribution in [0.15, 0.2) is 23.1 Å². The number of sulfonamides is 1. The molecular weight excluding hydrogens is 307 g/mol. The van der Waals surface area contributed by atoms with Crippen molar-refractivity contribution < 1.29 is 8.42 Å². The van der Waals surface area contributed by atoms with Crippen LogP contribution in [-0.2, 0) is 10.0 Å². The van der Waals surface area contributed by atoms with Crippen molar-refractivity contribution in [3.63, 3.8) is 0 Å². The number of hydrogen-bond acceptors (Lipinski definition) is 3. The highest BCUT2D eigenvalue weighted by molar-refractivity contribution is 7.89. The van der Waals surface area contributed by atoms with E-state index < -0.39 is 15.6 Å². The molecule has 0 heterocycles. The second-order valence-electron chi connectivity index (χ2n) is 4.35. The van der Waals surface area contributed by atoms with Crippen LogP contribution in [0.2, 0.25) is 10.0 Å². The van der Waals surface area contributed by atoms with Gasteiger partial charge < -0.3 is 5.73 Å². The third kappa shape index (κ3) is 3.61. The monoisotopic (exact) mass is 324 g/mol. The molecule has 0 aliphatic heterocycles. The first-order valence-corrected chi connectivity index (χ1v) is 8.24. The summed E-state index contributed by atoms with van der Waals surface area (Å²) < 4.78 is 27.4. The van der Waals surface area contributed by atoms with Gasteiger partial charge in [-0.2, -0.15) is 0 Å². The summed E-state index contributed by atoms with van der Waals surface area (Å²) in [7, 11) is -3.75. The minimum Gasteiger partial charge on any atom is -0.329 e. The van der Waals surface area contributed by atoms with Crippen molar-refractivity contribution >= 4 is 33.2 Å². The summed E-state index contributed by atoms with van der Waals surface area (Å²) in [6.45, 7) is 3.99. The molecule has 0 saturated carbocycles. The first kappa shape index (κ1) is 16.7. The van der Waals surface area contributed by atoms with Crippen LogP contribution in [0.5, 0.6) is 0 Å². The van der Waals surface area contributed by atoms with E-state index in [1.165, 1.54) is 6.07 Å². The maximum atomic E-state index is 12.4. The van der Waals surface area contributed by atoms with E-state index in [-0.39, 0.29) is 21.5 Å². The zero-order valence-corrected chi connectivity index (χ0v) is 13.2. The predicted molar refractivity (Wildman–Crippen MR) is 79.2 cm³/mol. The van der Waals surface area contributed by atoms with Crippen LogP contribution in [0.3, 0.4) is 0 Å². The lowest BCUT2D eigenvalue weighted by atomic mass is 9.95. The number of nitrogens with two attached hydrogens (primary N) is 1. The van der Waals surface area contributed by atoms with E-state index in [0.29, 0.717) is 12.8 Å². The molecule has 0 amide bonds. The largest absolute Gasteiger partial charge is 0.329 e. The molecule has 3 N–H and O–H groups in total. The molecule has 1 rings (SSSR count). The third-order valence-corrected chi connectivity index (χ3v) is 5.85. The zero-order valence-electron chi connectivity index (χ0n) is 10.9. The summed E-state index contributed by atoms with van der Waals surface area (Å²) in [6, 6.07) is 4.51. The van der Waals surface area contributed by atoms with Gasteiger partial charge in [0.15, 0.2) is 0 Å². The van der Waals surface area contributed by atoms with E-state index in [1.54, 1.807) is 12.1 Å². The van der Waals surface area contributed by atoms with Crippen molar-refractivity contribution in [2.75, 3.05) is 6.54 Å². The standard InChI is InChI=1S/C12H18Cl2N2O2S/c1-3-12(4-2,8-15)16-19(17,18)10-7-5-6-9(13)11(10)14/h5-7,16H,3-4,8,15H2,1-2H3. The molecule has 0 bridgehead atoms. The highest BCUT2D eigenvalue weighted by Gasteiger charge is 2.32. The SMILES string of the molecule is CCC(CC)(CN)NS(=O)(=O)c1cccc(Cl)c1Cl. The minimum atomic E-state index is -3.75. The number of rotatable bonds is 6. The van der Waals surface area contributed by atoms with Crippen LogP contribution in [0.25, 0.3) is 0 Å². The Morgan fingerprint density at radius 1 is 1.26 bits per heavy atom. The Hall–Kier alpha value is -0.330. The van der Waals surface area contributed by atoms with Gasteiger partial charge in [0.25, 0.3) is 0 Å². The third-order valence-electron chi connectivity index (χ3n) is 3.30. The normalized spacial score (nSPS) is 12.7. The smallest absolute Gasteiger partial charge is 0.242 e. The van der Waals surface area contributed by atoms with Crippen LogP contribution in [0.1, 0.15) is 26.7 Å². The summed E-state index contributed by atoms with van der Waals surface area (Å²) in [5, 5.41) is 0.227. The Bertz CT molecular complexity index is 534. The van der Waals surface area contributed by atoms with Gasteiger partial charge in [0.2, 0.25) is 10.0 Å². The second-order valence-corrected chi connectivity index (χ2v) is 6.79. The highest BCUT2D eigenvalue weighted by Crippen LogP contribution is 2.30. The summed E-state index contributed by atoms with van der Waals surface area (Å²) in [4.78, 5) is -0.0265. The van der Waals surface area contributed by atoms with Crippen molar-refractivity contribution in [3.05, 3.63) is 28.2 Å². The molecule has 0 aliphatic carbocycles. The van der Waals surface area contributed by atoms with Gasteiger partial charge in [-0.15, -0.1) is 0 Å². The zero-order chi connectivity index (χ0) is 14.7. The van der Waals surface area contributed by atoms with Gasteiger partial charge in [-0.25, -0.2) is 13.1 Å². The quantitative estimate of drug-likeness (QED) is 0.845. The molecule has 0 radical (unpaired) electrons. The van der Waals surface area contributed by atoms with Crippen LogP contribution in [0.4, 0.5) is 0 Å². The molecule has 0 saturated heterocycles. The fourth-order valence-corrected chi connectivity index (χ4v) is 4.07. The summed E-state index contributed by atoms with van der Waals surface area (Å²) in [5.74, 6) is 0. The average molecular weight is 325 g/mol. The van der Waals surface area contributed by atoms with Crippen LogP contribution in [0, 0.1) is 0 Å².